The molecule has 0 spiro atoms. The van der Waals surface area contributed by atoms with Gasteiger partial charge in [0.1, 0.15) is 16.6 Å². The molecule has 0 amide bonds. The van der Waals surface area contributed by atoms with Crippen molar-refractivity contribution in [3.63, 3.8) is 0 Å². The summed E-state index contributed by atoms with van der Waals surface area (Å²) in [7, 11) is 0. The molecule has 0 saturated heterocycles. The van der Waals surface area contributed by atoms with E-state index >= 15 is 0 Å². The minimum atomic E-state index is 0.548. The van der Waals surface area contributed by atoms with E-state index in [-0.39, 0.29) is 0 Å². The van der Waals surface area contributed by atoms with Crippen molar-refractivity contribution < 1.29 is 0 Å². The molecule has 5 nitrogen and oxygen atoms in total. The van der Waals surface area contributed by atoms with E-state index in [1.165, 1.54) is 17.5 Å². The van der Waals surface area contributed by atoms with Crippen LogP contribution in [0.1, 0.15) is 17.0 Å². The Morgan fingerprint density at radius 3 is 2.84 bits per heavy atom. The fourth-order valence-electron chi connectivity index (χ4n) is 2.36. The van der Waals surface area contributed by atoms with Gasteiger partial charge in [-0.2, -0.15) is 0 Å². The van der Waals surface area contributed by atoms with Gasteiger partial charge in [0.15, 0.2) is 5.82 Å². The predicted octanol–water partition coefficient (Wildman–Crippen LogP) is 2.28. The zero-order chi connectivity index (χ0) is 13.2. The van der Waals surface area contributed by atoms with Crippen molar-refractivity contribution in [2.24, 2.45) is 5.84 Å². The van der Waals surface area contributed by atoms with Crippen LogP contribution < -0.4 is 16.6 Å². The first-order valence-electron chi connectivity index (χ1n) is 6.08. The highest BCUT2D eigenvalue weighted by molar-refractivity contribution is 9.10. The number of hydrazine groups is 1. The van der Waals surface area contributed by atoms with Crippen LogP contribution in [-0.4, -0.2) is 16.5 Å². The Morgan fingerprint density at radius 1 is 1.26 bits per heavy atom. The van der Waals surface area contributed by atoms with Crippen molar-refractivity contribution in [1.82, 2.24) is 9.97 Å². The lowest BCUT2D eigenvalue weighted by atomic mass is 9.78. The highest BCUT2D eigenvalue weighted by Crippen LogP contribution is 2.35. The van der Waals surface area contributed by atoms with Gasteiger partial charge in [-0.3, -0.25) is 0 Å². The summed E-state index contributed by atoms with van der Waals surface area (Å²) >= 11 is 3.43. The minimum absolute atomic E-state index is 0.548. The van der Waals surface area contributed by atoms with Gasteiger partial charge < -0.3 is 10.7 Å². The van der Waals surface area contributed by atoms with Gasteiger partial charge in [-0.25, -0.2) is 15.8 Å². The van der Waals surface area contributed by atoms with Crippen molar-refractivity contribution in [2.75, 3.05) is 17.3 Å². The number of benzene rings is 1. The molecule has 0 fully saturated rings. The van der Waals surface area contributed by atoms with Crippen LogP contribution in [-0.2, 0) is 6.42 Å². The molecular weight excluding hydrogens is 306 g/mol. The van der Waals surface area contributed by atoms with Crippen LogP contribution in [0.3, 0.4) is 0 Å². The van der Waals surface area contributed by atoms with E-state index in [2.05, 4.69) is 60.9 Å². The summed E-state index contributed by atoms with van der Waals surface area (Å²) < 4.78 is 0.755. The molecule has 0 saturated carbocycles. The Hall–Kier alpha value is -1.66. The van der Waals surface area contributed by atoms with Crippen LogP contribution in [0.4, 0.5) is 11.6 Å². The normalized spacial score (nSPS) is 16.4. The quantitative estimate of drug-likeness (QED) is 0.595. The fraction of sp³-hybridized carbons (Fsp3) is 0.231. The van der Waals surface area contributed by atoms with E-state index < -0.39 is 0 Å². The third-order valence-electron chi connectivity index (χ3n) is 3.40. The molecule has 6 heteroatoms. The lowest BCUT2D eigenvalue weighted by Gasteiger charge is -2.30. The molecule has 0 radical (unpaired) electrons. The van der Waals surface area contributed by atoms with Crippen molar-refractivity contribution in [1.29, 1.82) is 0 Å². The molecule has 1 aromatic carbocycles. The van der Waals surface area contributed by atoms with Crippen LogP contribution >= 0.6 is 15.9 Å². The SMILES string of the molecule is NNc1ncnc(NCC2Cc3ccccc32)c1Br. The number of nitrogen functional groups attached to an aromatic ring is 1. The summed E-state index contributed by atoms with van der Waals surface area (Å²) in [5, 5.41) is 3.34. The molecule has 1 aliphatic rings. The number of nitrogens with two attached hydrogens (primary N) is 1. The maximum atomic E-state index is 5.38. The summed E-state index contributed by atoms with van der Waals surface area (Å²) in [6.45, 7) is 0.858. The number of halogens is 1. The van der Waals surface area contributed by atoms with E-state index in [1.807, 2.05) is 0 Å². The van der Waals surface area contributed by atoms with Crippen LogP contribution in [0, 0.1) is 0 Å². The molecule has 0 aliphatic heterocycles. The second-order valence-electron chi connectivity index (χ2n) is 4.51. The molecule has 1 atom stereocenters. The van der Waals surface area contributed by atoms with Crippen molar-refractivity contribution >= 4 is 27.6 Å². The zero-order valence-electron chi connectivity index (χ0n) is 10.2. The number of hydrogen-bond acceptors (Lipinski definition) is 5. The van der Waals surface area contributed by atoms with E-state index in [0.717, 1.165) is 23.3 Å². The Morgan fingerprint density at radius 2 is 2.05 bits per heavy atom. The topological polar surface area (TPSA) is 75.9 Å². The molecular formula is C13H14BrN5. The molecule has 2 aromatic rings. The van der Waals surface area contributed by atoms with E-state index in [4.69, 9.17) is 5.84 Å². The lowest BCUT2D eigenvalue weighted by molar-refractivity contribution is 0.634. The predicted molar refractivity (Wildman–Crippen MR) is 78.9 cm³/mol. The third-order valence-corrected chi connectivity index (χ3v) is 4.15. The third kappa shape index (κ3) is 2.29. The van der Waals surface area contributed by atoms with Gasteiger partial charge in [0.25, 0.3) is 0 Å². The van der Waals surface area contributed by atoms with Gasteiger partial charge in [-0.1, -0.05) is 24.3 Å². The largest absolute Gasteiger partial charge is 0.368 e. The molecule has 1 aromatic heterocycles. The molecule has 4 N–H and O–H groups in total. The van der Waals surface area contributed by atoms with Crippen LogP contribution in [0.25, 0.3) is 0 Å². The van der Waals surface area contributed by atoms with Crippen LogP contribution in [0.2, 0.25) is 0 Å². The van der Waals surface area contributed by atoms with Crippen LogP contribution in [0.15, 0.2) is 35.1 Å². The molecule has 1 unspecified atom stereocenters. The maximum absolute atomic E-state index is 5.38. The molecule has 1 heterocycles. The lowest BCUT2D eigenvalue weighted by Crippen LogP contribution is -2.24. The summed E-state index contributed by atoms with van der Waals surface area (Å²) in [5.74, 6) is 7.26. The van der Waals surface area contributed by atoms with Crippen molar-refractivity contribution in [2.45, 2.75) is 12.3 Å². The van der Waals surface area contributed by atoms with E-state index in [0.29, 0.717) is 11.7 Å². The summed E-state index contributed by atoms with van der Waals surface area (Å²) in [4.78, 5) is 8.23. The van der Waals surface area contributed by atoms with Gasteiger partial charge in [0.2, 0.25) is 0 Å². The summed E-state index contributed by atoms with van der Waals surface area (Å²) in [6, 6.07) is 8.54. The van der Waals surface area contributed by atoms with Crippen molar-refractivity contribution in [3.8, 4) is 0 Å². The number of nitrogens with one attached hydrogen (secondary N) is 2. The average molecular weight is 320 g/mol. The number of aromatic nitrogens is 2. The first-order valence-corrected chi connectivity index (χ1v) is 6.87. The summed E-state index contributed by atoms with van der Waals surface area (Å²) in [5.41, 5.74) is 5.40. The Bertz CT molecular complexity index is 601. The zero-order valence-corrected chi connectivity index (χ0v) is 11.8. The molecule has 0 bridgehead atoms. The Labute approximate surface area is 119 Å². The number of fused-ring (bicyclic) bond motifs is 1. The van der Waals surface area contributed by atoms with Gasteiger partial charge in [-0.15, -0.1) is 0 Å². The first kappa shape index (κ1) is 12.4. The Balaban J connectivity index is 1.68. The average Bonchev–Trinajstić information content (AvgIpc) is 2.41. The first-order chi connectivity index (χ1) is 9.29. The second-order valence-corrected chi connectivity index (χ2v) is 5.30. The molecule has 3 rings (SSSR count). The van der Waals surface area contributed by atoms with Crippen molar-refractivity contribution in [3.05, 3.63) is 46.2 Å². The molecule has 98 valence electrons. The summed E-state index contributed by atoms with van der Waals surface area (Å²) in [6.07, 6.45) is 2.60. The van der Waals surface area contributed by atoms with Gasteiger partial charge in [0.05, 0.1) is 0 Å². The molecule has 19 heavy (non-hydrogen) atoms. The number of hydrogen-bond donors (Lipinski definition) is 3. The minimum Gasteiger partial charge on any atom is -0.368 e. The van der Waals surface area contributed by atoms with Gasteiger partial charge in [-0.05, 0) is 33.5 Å². The number of rotatable bonds is 4. The fourth-order valence-corrected chi connectivity index (χ4v) is 2.82. The standard InChI is InChI=1S/C13H14BrN5/c14-11-12(17-7-18-13(11)19-15)16-6-9-5-8-3-1-2-4-10(8)9/h1-4,7,9H,5-6,15H2,(H2,16,17,18,19). The van der Waals surface area contributed by atoms with E-state index in [9.17, 15) is 0 Å². The smallest absolute Gasteiger partial charge is 0.159 e. The molecule has 1 aliphatic carbocycles. The second kappa shape index (κ2) is 5.14. The maximum Gasteiger partial charge on any atom is 0.159 e. The Kier molecular flexibility index (Phi) is 3.35. The van der Waals surface area contributed by atoms with Crippen LogP contribution in [0.5, 0.6) is 0 Å². The number of nitrogens with zero attached hydrogens (tertiary/aromatic N) is 2. The monoisotopic (exact) mass is 319 g/mol. The van der Waals surface area contributed by atoms with Gasteiger partial charge >= 0.3 is 0 Å². The van der Waals surface area contributed by atoms with E-state index in [1.54, 1.807) is 0 Å². The highest BCUT2D eigenvalue weighted by atomic mass is 79.9. The highest BCUT2D eigenvalue weighted by Gasteiger charge is 2.25. The van der Waals surface area contributed by atoms with Gasteiger partial charge in [0, 0.05) is 12.5 Å². The number of anilines is 2.